The third-order valence-electron chi connectivity index (χ3n) is 6.06. The van der Waals surface area contributed by atoms with Crippen LogP contribution in [0.4, 0.5) is 0 Å². The number of pyridine rings is 1. The van der Waals surface area contributed by atoms with Crippen molar-refractivity contribution in [3.63, 3.8) is 0 Å². The highest BCUT2D eigenvalue weighted by Gasteiger charge is 2.42. The largest absolute Gasteiger partial charge is 0.497 e. The van der Waals surface area contributed by atoms with Crippen LogP contribution in [-0.2, 0) is 11.3 Å². The van der Waals surface area contributed by atoms with Crippen molar-refractivity contribution in [2.24, 2.45) is 5.92 Å². The Morgan fingerprint density at radius 2 is 1.88 bits per heavy atom. The Morgan fingerprint density at radius 3 is 2.56 bits per heavy atom. The van der Waals surface area contributed by atoms with Crippen molar-refractivity contribution in [2.75, 3.05) is 27.3 Å². The molecule has 2 heterocycles. The van der Waals surface area contributed by atoms with Crippen LogP contribution in [0.15, 0.2) is 67.0 Å². The molecule has 2 atom stereocenters. The Labute approximate surface area is 203 Å². The van der Waals surface area contributed by atoms with Crippen LogP contribution >= 0.6 is 11.6 Å². The van der Waals surface area contributed by atoms with Crippen molar-refractivity contribution in [1.82, 2.24) is 15.2 Å². The maximum Gasteiger partial charge on any atom is 0.253 e. The average molecular weight is 480 g/mol. The minimum absolute atomic E-state index is 0.134. The highest BCUT2D eigenvalue weighted by molar-refractivity contribution is 6.30. The van der Waals surface area contributed by atoms with Crippen molar-refractivity contribution in [3.05, 3.63) is 88.7 Å². The summed E-state index contributed by atoms with van der Waals surface area (Å²) in [4.78, 5) is 32.4. The van der Waals surface area contributed by atoms with Crippen LogP contribution in [0, 0.1) is 5.92 Å². The number of carbonyl (C=O) groups is 2. The zero-order valence-electron chi connectivity index (χ0n) is 19.0. The number of benzene rings is 2. The average Bonchev–Trinajstić information content (AvgIpc) is 3.33. The van der Waals surface area contributed by atoms with Gasteiger partial charge in [-0.1, -0.05) is 17.7 Å². The van der Waals surface area contributed by atoms with Gasteiger partial charge in [0, 0.05) is 54.1 Å². The normalized spacial score (nSPS) is 17.3. The summed E-state index contributed by atoms with van der Waals surface area (Å²) in [6.07, 6.45) is 3.40. The number of ether oxygens (including phenoxy) is 2. The molecule has 0 saturated carbocycles. The molecule has 7 nitrogen and oxygen atoms in total. The van der Waals surface area contributed by atoms with Crippen LogP contribution in [0.25, 0.3) is 0 Å². The van der Waals surface area contributed by atoms with E-state index in [1.165, 1.54) is 0 Å². The minimum Gasteiger partial charge on any atom is -0.497 e. The molecule has 0 radical (unpaired) electrons. The number of methoxy groups -OCH3 is 2. The quantitative estimate of drug-likeness (QED) is 0.555. The summed E-state index contributed by atoms with van der Waals surface area (Å²) in [6, 6.07) is 16.0. The molecule has 34 heavy (non-hydrogen) atoms. The first-order valence-electron chi connectivity index (χ1n) is 10.9. The molecule has 1 saturated heterocycles. The van der Waals surface area contributed by atoms with E-state index in [0.717, 1.165) is 11.1 Å². The molecule has 0 bridgehead atoms. The lowest BCUT2D eigenvalue weighted by Crippen LogP contribution is -2.35. The van der Waals surface area contributed by atoms with E-state index in [1.54, 1.807) is 55.8 Å². The van der Waals surface area contributed by atoms with E-state index < -0.39 is 5.92 Å². The van der Waals surface area contributed by atoms with E-state index >= 15 is 0 Å². The Kier molecular flexibility index (Phi) is 7.33. The first kappa shape index (κ1) is 23.6. The lowest BCUT2D eigenvalue weighted by Gasteiger charge is -2.21. The number of halogens is 1. The Morgan fingerprint density at radius 1 is 1.09 bits per heavy atom. The molecular formula is C26H26ClN3O4. The third-order valence-corrected chi connectivity index (χ3v) is 6.31. The van der Waals surface area contributed by atoms with Gasteiger partial charge in [0.2, 0.25) is 5.91 Å². The number of carbonyl (C=O) groups excluding carboxylic acids is 2. The molecule has 1 aliphatic rings. The molecule has 3 aromatic rings. The van der Waals surface area contributed by atoms with Gasteiger partial charge in [-0.3, -0.25) is 14.6 Å². The predicted molar refractivity (Wildman–Crippen MR) is 129 cm³/mol. The molecule has 0 spiro atoms. The number of aromatic nitrogens is 1. The number of hydrogen-bond acceptors (Lipinski definition) is 5. The molecule has 1 aliphatic heterocycles. The van der Waals surface area contributed by atoms with Crippen LogP contribution in [-0.4, -0.2) is 49.0 Å². The van der Waals surface area contributed by atoms with Gasteiger partial charge in [0.1, 0.15) is 11.5 Å². The van der Waals surface area contributed by atoms with Gasteiger partial charge in [0.25, 0.3) is 5.91 Å². The summed E-state index contributed by atoms with van der Waals surface area (Å²) >= 11 is 5.98. The second kappa shape index (κ2) is 10.6. The Balaban J connectivity index is 1.62. The molecule has 176 valence electrons. The predicted octanol–water partition coefficient (Wildman–Crippen LogP) is 3.92. The van der Waals surface area contributed by atoms with Gasteiger partial charge >= 0.3 is 0 Å². The molecule has 1 aromatic heterocycles. The molecule has 2 amide bonds. The van der Waals surface area contributed by atoms with Crippen LogP contribution < -0.4 is 14.8 Å². The number of nitrogens with zero attached hydrogens (tertiary/aromatic N) is 2. The van der Waals surface area contributed by atoms with Gasteiger partial charge in [0.15, 0.2) is 0 Å². The number of hydrogen-bond donors (Lipinski definition) is 1. The molecule has 1 fully saturated rings. The summed E-state index contributed by atoms with van der Waals surface area (Å²) in [6.45, 7) is 1.01. The standard InChI is InChI=1S/C26H26ClN3O4/c1-33-20-9-10-24(34-2)21(12-20)22-15-30(26(32)18-5-7-19(27)8-6-18)16-23(22)25(31)29-14-17-4-3-11-28-13-17/h3-13,22-23H,14-16H2,1-2H3,(H,29,31). The van der Waals surface area contributed by atoms with Crippen molar-refractivity contribution < 1.29 is 19.1 Å². The van der Waals surface area contributed by atoms with Gasteiger partial charge in [-0.2, -0.15) is 0 Å². The van der Waals surface area contributed by atoms with Crippen molar-refractivity contribution >= 4 is 23.4 Å². The first-order valence-corrected chi connectivity index (χ1v) is 11.3. The monoisotopic (exact) mass is 479 g/mol. The zero-order valence-corrected chi connectivity index (χ0v) is 19.8. The Bertz CT molecular complexity index is 1150. The van der Waals surface area contributed by atoms with Gasteiger partial charge in [-0.25, -0.2) is 0 Å². The summed E-state index contributed by atoms with van der Waals surface area (Å²) in [5, 5.41) is 3.57. The number of likely N-dealkylation sites (tertiary alicyclic amines) is 1. The fourth-order valence-electron chi connectivity index (χ4n) is 4.28. The van der Waals surface area contributed by atoms with Crippen LogP contribution in [0.2, 0.25) is 5.02 Å². The summed E-state index contributed by atoms with van der Waals surface area (Å²) in [7, 11) is 3.18. The van der Waals surface area contributed by atoms with Crippen LogP contribution in [0.1, 0.15) is 27.4 Å². The minimum atomic E-state index is -0.464. The van der Waals surface area contributed by atoms with E-state index in [1.807, 2.05) is 30.3 Å². The van der Waals surface area contributed by atoms with Gasteiger partial charge < -0.3 is 19.7 Å². The zero-order chi connectivity index (χ0) is 24.1. The van der Waals surface area contributed by atoms with E-state index in [0.29, 0.717) is 35.2 Å². The fraction of sp³-hybridized carbons (Fsp3) is 0.269. The van der Waals surface area contributed by atoms with Gasteiger partial charge in [0.05, 0.1) is 20.1 Å². The maximum atomic E-state index is 13.3. The number of amides is 2. The number of nitrogens with one attached hydrogen (secondary N) is 1. The second-order valence-corrected chi connectivity index (χ2v) is 8.55. The molecule has 2 unspecified atom stereocenters. The molecule has 2 aromatic carbocycles. The van der Waals surface area contributed by atoms with Crippen molar-refractivity contribution in [2.45, 2.75) is 12.5 Å². The molecule has 4 rings (SSSR count). The number of rotatable bonds is 7. The Hall–Kier alpha value is -3.58. The van der Waals surface area contributed by atoms with Crippen molar-refractivity contribution in [1.29, 1.82) is 0 Å². The fourth-order valence-corrected chi connectivity index (χ4v) is 4.40. The van der Waals surface area contributed by atoms with E-state index in [9.17, 15) is 9.59 Å². The first-order chi connectivity index (χ1) is 16.5. The third kappa shape index (κ3) is 5.15. The van der Waals surface area contributed by atoms with Crippen LogP contribution in [0.3, 0.4) is 0 Å². The topological polar surface area (TPSA) is 80.8 Å². The van der Waals surface area contributed by atoms with E-state index in [-0.39, 0.29) is 24.3 Å². The van der Waals surface area contributed by atoms with E-state index in [2.05, 4.69) is 10.3 Å². The molecule has 1 N–H and O–H groups in total. The van der Waals surface area contributed by atoms with Crippen molar-refractivity contribution in [3.8, 4) is 11.5 Å². The van der Waals surface area contributed by atoms with Gasteiger partial charge in [-0.15, -0.1) is 0 Å². The second-order valence-electron chi connectivity index (χ2n) is 8.12. The molecular weight excluding hydrogens is 454 g/mol. The molecule has 8 heteroatoms. The highest BCUT2D eigenvalue weighted by atomic mass is 35.5. The molecule has 0 aliphatic carbocycles. The highest BCUT2D eigenvalue weighted by Crippen LogP contribution is 2.40. The summed E-state index contributed by atoms with van der Waals surface area (Å²) in [5.41, 5.74) is 2.26. The lowest BCUT2D eigenvalue weighted by atomic mass is 9.87. The maximum absolute atomic E-state index is 13.3. The summed E-state index contributed by atoms with van der Waals surface area (Å²) < 4.78 is 11.0. The summed E-state index contributed by atoms with van der Waals surface area (Å²) in [5.74, 6) is 0.296. The SMILES string of the molecule is COc1ccc(OC)c(C2CN(C(=O)c3ccc(Cl)cc3)CC2C(=O)NCc2cccnc2)c1. The van der Waals surface area contributed by atoms with Crippen LogP contribution in [0.5, 0.6) is 11.5 Å². The van der Waals surface area contributed by atoms with E-state index in [4.69, 9.17) is 21.1 Å². The van der Waals surface area contributed by atoms with Gasteiger partial charge in [-0.05, 0) is 54.1 Å². The smallest absolute Gasteiger partial charge is 0.253 e. The lowest BCUT2D eigenvalue weighted by molar-refractivity contribution is -0.125.